The molecule has 0 aliphatic carbocycles. The average molecular weight is 480 g/mol. The Morgan fingerprint density at radius 3 is 2.28 bits per heavy atom. The smallest absolute Gasteiger partial charge is 0.270 e. The second-order valence-electron chi connectivity index (χ2n) is 6.93. The van der Waals surface area contributed by atoms with Crippen LogP contribution in [-0.4, -0.2) is 52.3 Å². The predicted octanol–water partition coefficient (Wildman–Crippen LogP) is 3.33. The maximum atomic E-state index is 13.5. The number of Topliss-reactive ketones (excluding diaryl/α,β-unsaturated/α-hetero) is 1. The van der Waals surface area contributed by atoms with E-state index in [2.05, 4.69) is 0 Å². The molecule has 0 spiro atoms. The highest BCUT2D eigenvalue weighted by Crippen LogP contribution is 2.33. The van der Waals surface area contributed by atoms with Crippen molar-refractivity contribution in [3.05, 3.63) is 52.6 Å². The number of benzene rings is 2. The molecule has 2 aromatic rings. The quantitative estimate of drug-likeness (QED) is 0.586. The fourth-order valence-corrected chi connectivity index (χ4v) is 5.03. The molecule has 170 valence electrons. The van der Waals surface area contributed by atoms with E-state index in [4.69, 9.17) is 25.8 Å². The highest BCUT2D eigenvalue weighted by molar-refractivity contribution is 7.89. The fraction of sp³-hybridized carbons (Fsp3) is 0.273. The van der Waals surface area contributed by atoms with E-state index in [1.165, 1.54) is 45.6 Å². The lowest BCUT2D eigenvalue weighted by molar-refractivity contribution is -0.126. The van der Waals surface area contributed by atoms with E-state index in [0.29, 0.717) is 20.6 Å². The van der Waals surface area contributed by atoms with Gasteiger partial charge in [-0.3, -0.25) is 9.59 Å². The average Bonchev–Trinajstić information content (AvgIpc) is 2.92. The van der Waals surface area contributed by atoms with Gasteiger partial charge in [-0.15, -0.1) is 0 Å². The second-order valence-corrected chi connectivity index (χ2v) is 9.20. The van der Waals surface area contributed by atoms with Crippen molar-refractivity contribution in [3.63, 3.8) is 0 Å². The molecular weight excluding hydrogens is 458 g/mol. The van der Waals surface area contributed by atoms with Gasteiger partial charge in [0.15, 0.2) is 5.78 Å². The van der Waals surface area contributed by atoms with Crippen LogP contribution in [0.15, 0.2) is 46.9 Å². The fourth-order valence-electron chi connectivity index (χ4n) is 3.29. The standard InChI is InChI=1S/C22H22ClNO7S/c1-29-18-7-9-20(31-3)21(12-18)32(27,28)24-13-17(25)6-4-14(22(24)26)10-15-11-16(23)5-8-19(15)30-2/h5,7-12H,4,6,13H2,1-3H3/b14-10+. The Morgan fingerprint density at radius 1 is 0.938 bits per heavy atom. The first kappa shape index (κ1) is 23.6. The summed E-state index contributed by atoms with van der Waals surface area (Å²) in [6.45, 7) is -0.578. The van der Waals surface area contributed by atoms with Crippen molar-refractivity contribution in [3.8, 4) is 17.2 Å². The van der Waals surface area contributed by atoms with E-state index < -0.39 is 22.5 Å². The Balaban J connectivity index is 2.12. The third-order valence-corrected chi connectivity index (χ3v) is 6.94. The van der Waals surface area contributed by atoms with Gasteiger partial charge in [-0.05, 0) is 42.8 Å². The number of sulfonamides is 1. The number of carbonyl (C=O) groups excluding carboxylic acids is 2. The molecule has 0 radical (unpaired) electrons. The maximum Gasteiger partial charge on any atom is 0.270 e. The number of amides is 1. The first-order chi connectivity index (χ1) is 15.2. The Bertz CT molecular complexity index is 1190. The van der Waals surface area contributed by atoms with Crippen LogP contribution in [0.2, 0.25) is 5.02 Å². The van der Waals surface area contributed by atoms with Gasteiger partial charge in [-0.1, -0.05) is 11.6 Å². The van der Waals surface area contributed by atoms with Gasteiger partial charge >= 0.3 is 0 Å². The monoisotopic (exact) mass is 479 g/mol. The van der Waals surface area contributed by atoms with Crippen LogP contribution in [-0.2, 0) is 19.6 Å². The van der Waals surface area contributed by atoms with Crippen molar-refractivity contribution >= 4 is 39.4 Å². The summed E-state index contributed by atoms with van der Waals surface area (Å²) in [5.41, 5.74) is 0.635. The number of nitrogens with zero attached hydrogens (tertiary/aromatic N) is 1. The Kier molecular flexibility index (Phi) is 7.10. The zero-order chi connectivity index (χ0) is 23.5. The summed E-state index contributed by atoms with van der Waals surface area (Å²) in [6.07, 6.45) is 1.59. The summed E-state index contributed by atoms with van der Waals surface area (Å²) < 4.78 is 43.1. The molecule has 0 atom stereocenters. The molecule has 32 heavy (non-hydrogen) atoms. The zero-order valence-electron chi connectivity index (χ0n) is 17.8. The Morgan fingerprint density at radius 2 is 1.62 bits per heavy atom. The van der Waals surface area contributed by atoms with E-state index in [9.17, 15) is 18.0 Å². The summed E-state index contributed by atoms with van der Waals surface area (Å²) >= 11 is 6.07. The predicted molar refractivity (Wildman–Crippen MR) is 119 cm³/mol. The molecule has 0 bridgehead atoms. The molecule has 3 rings (SSSR count). The van der Waals surface area contributed by atoms with Crippen molar-refractivity contribution in [1.82, 2.24) is 4.31 Å². The molecule has 0 unspecified atom stereocenters. The van der Waals surface area contributed by atoms with Crippen LogP contribution >= 0.6 is 11.6 Å². The van der Waals surface area contributed by atoms with Gasteiger partial charge in [-0.2, -0.15) is 0 Å². The van der Waals surface area contributed by atoms with Crippen LogP contribution in [0.1, 0.15) is 18.4 Å². The van der Waals surface area contributed by atoms with E-state index >= 15 is 0 Å². The van der Waals surface area contributed by atoms with Crippen LogP contribution in [0.5, 0.6) is 17.2 Å². The molecule has 1 fully saturated rings. The topological polar surface area (TPSA) is 99.2 Å². The minimum atomic E-state index is -4.43. The third-order valence-electron chi connectivity index (χ3n) is 4.95. The van der Waals surface area contributed by atoms with Crippen molar-refractivity contribution in [2.75, 3.05) is 27.9 Å². The number of ether oxygens (including phenoxy) is 3. The third kappa shape index (κ3) is 4.73. The van der Waals surface area contributed by atoms with E-state index in [-0.39, 0.29) is 40.6 Å². The molecule has 1 aliphatic rings. The highest BCUT2D eigenvalue weighted by Gasteiger charge is 2.37. The zero-order valence-corrected chi connectivity index (χ0v) is 19.3. The van der Waals surface area contributed by atoms with E-state index in [1.54, 1.807) is 18.2 Å². The molecule has 10 heteroatoms. The molecule has 1 aliphatic heterocycles. The number of ketones is 1. The van der Waals surface area contributed by atoms with Crippen LogP contribution in [0, 0.1) is 0 Å². The molecule has 1 heterocycles. The lowest BCUT2D eigenvalue weighted by Crippen LogP contribution is -2.39. The molecule has 1 saturated heterocycles. The highest BCUT2D eigenvalue weighted by atomic mass is 35.5. The van der Waals surface area contributed by atoms with Crippen LogP contribution in [0.25, 0.3) is 6.08 Å². The van der Waals surface area contributed by atoms with Crippen LogP contribution < -0.4 is 14.2 Å². The van der Waals surface area contributed by atoms with Crippen molar-refractivity contribution < 1.29 is 32.2 Å². The van der Waals surface area contributed by atoms with Crippen molar-refractivity contribution in [1.29, 1.82) is 0 Å². The first-order valence-corrected chi connectivity index (χ1v) is 11.4. The largest absolute Gasteiger partial charge is 0.497 e. The summed E-state index contributed by atoms with van der Waals surface area (Å²) in [4.78, 5) is 25.4. The SMILES string of the molecule is COc1ccc(OC)c(S(=O)(=O)N2CC(=O)CC/C(=C\c3cc(Cl)ccc3OC)C2=O)c1. The number of rotatable bonds is 6. The van der Waals surface area contributed by atoms with Gasteiger partial charge in [0.2, 0.25) is 0 Å². The molecule has 2 aromatic carbocycles. The molecular formula is C22H22ClNO7S. The van der Waals surface area contributed by atoms with E-state index in [0.717, 1.165) is 0 Å². The number of hydrogen-bond donors (Lipinski definition) is 0. The molecule has 0 saturated carbocycles. The van der Waals surface area contributed by atoms with Gasteiger partial charge < -0.3 is 14.2 Å². The normalized spacial score (nSPS) is 16.1. The van der Waals surface area contributed by atoms with Crippen LogP contribution in [0.4, 0.5) is 0 Å². The maximum absolute atomic E-state index is 13.5. The first-order valence-electron chi connectivity index (χ1n) is 9.56. The van der Waals surface area contributed by atoms with Gasteiger partial charge in [0.05, 0.1) is 27.9 Å². The number of hydrogen-bond acceptors (Lipinski definition) is 7. The Hall–Kier alpha value is -3.04. The van der Waals surface area contributed by atoms with Gasteiger partial charge in [0.25, 0.3) is 15.9 Å². The summed E-state index contributed by atoms with van der Waals surface area (Å²) in [7, 11) is -0.265. The summed E-state index contributed by atoms with van der Waals surface area (Å²) in [5, 5.41) is 0.417. The molecule has 1 amide bonds. The van der Waals surface area contributed by atoms with E-state index in [1.807, 2.05) is 0 Å². The summed E-state index contributed by atoms with van der Waals surface area (Å²) in [6, 6.07) is 9.06. The second kappa shape index (κ2) is 9.62. The molecule has 0 aromatic heterocycles. The number of carbonyl (C=O) groups is 2. The molecule has 8 nitrogen and oxygen atoms in total. The van der Waals surface area contributed by atoms with Gasteiger partial charge in [0, 0.05) is 28.6 Å². The lowest BCUT2D eigenvalue weighted by atomic mass is 10.0. The van der Waals surface area contributed by atoms with Crippen molar-refractivity contribution in [2.45, 2.75) is 17.7 Å². The molecule has 0 N–H and O–H groups in total. The minimum Gasteiger partial charge on any atom is -0.497 e. The number of methoxy groups -OCH3 is 3. The minimum absolute atomic E-state index is 0.0156. The lowest BCUT2D eigenvalue weighted by Gasteiger charge is -2.22. The summed E-state index contributed by atoms with van der Waals surface area (Å²) in [5.74, 6) is -0.447. The van der Waals surface area contributed by atoms with Gasteiger partial charge in [0.1, 0.15) is 22.1 Å². The van der Waals surface area contributed by atoms with Crippen molar-refractivity contribution in [2.24, 2.45) is 0 Å². The van der Waals surface area contributed by atoms with Crippen LogP contribution in [0.3, 0.4) is 0 Å². The Labute approximate surface area is 191 Å². The number of halogens is 1. The van der Waals surface area contributed by atoms with Gasteiger partial charge in [-0.25, -0.2) is 12.7 Å².